The summed E-state index contributed by atoms with van der Waals surface area (Å²) in [7, 11) is 0. The van der Waals surface area contributed by atoms with Gasteiger partial charge >= 0.3 is 5.97 Å². The Morgan fingerprint density at radius 3 is 2.61 bits per heavy atom. The van der Waals surface area contributed by atoms with Crippen molar-refractivity contribution in [2.24, 2.45) is 0 Å². The summed E-state index contributed by atoms with van der Waals surface area (Å²) in [6.45, 7) is 3.45. The lowest BCUT2D eigenvalue weighted by molar-refractivity contribution is -0.122. The molecule has 0 aliphatic heterocycles. The maximum absolute atomic E-state index is 12.2. The van der Waals surface area contributed by atoms with E-state index >= 15 is 0 Å². The Balaban J connectivity index is 2.05. The molecule has 5 nitrogen and oxygen atoms in total. The SMILES string of the molecule is Cc1cc(Cl)ccc1O[C@H](C)C(=O)Nc1cccc(C(=O)O)c1. The Morgan fingerprint density at radius 2 is 1.96 bits per heavy atom. The zero-order valence-electron chi connectivity index (χ0n) is 12.7. The van der Waals surface area contributed by atoms with Crippen molar-refractivity contribution in [2.75, 3.05) is 5.32 Å². The predicted molar refractivity (Wildman–Crippen MR) is 88.3 cm³/mol. The van der Waals surface area contributed by atoms with Crippen molar-refractivity contribution in [2.45, 2.75) is 20.0 Å². The molecule has 2 N–H and O–H groups in total. The number of carbonyl (C=O) groups excluding carboxylic acids is 1. The highest BCUT2D eigenvalue weighted by atomic mass is 35.5. The molecular formula is C17H16ClNO4. The van der Waals surface area contributed by atoms with Crippen LogP contribution in [0, 0.1) is 6.92 Å². The number of carbonyl (C=O) groups is 2. The summed E-state index contributed by atoms with van der Waals surface area (Å²) in [6.07, 6.45) is -0.747. The number of hydrogen-bond donors (Lipinski definition) is 2. The molecule has 0 saturated carbocycles. The highest BCUT2D eigenvalue weighted by Gasteiger charge is 2.16. The average molecular weight is 334 g/mol. The molecule has 0 aliphatic rings. The number of hydrogen-bond acceptors (Lipinski definition) is 3. The summed E-state index contributed by atoms with van der Waals surface area (Å²) in [6, 6.07) is 11.2. The molecule has 0 spiro atoms. The molecule has 120 valence electrons. The molecule has 2 aromatic rings. The summed E-state index contributed by atoms with van der Waals surface area (Å²) >= 11 is 5.88. The molecular weight excluding hydrogens is 318 g/mol. The van der Waals surface area contributed by atoms with Crippen LogP contribution in [0.3, 0.4) is 0 Å². The molecule has 0 heterocycles. The predicted octanol–water partition coefficient (Wildman–Crippen LogP) is 3.75. The maximum atomic E-state index is 12.2. The third kappa shape index (κ3) is 4.47. The van der Waals surface area contributed by atoms with Crippen LogP contribution in [0.1, 0.15) is 22.8 Å². The third-order valence-electron chi connectivity index (χ3n) is 3.19. The number of carboxylic acids is 1. The summed E-state index contributed by atoms with van der Waals surface area (Å²) < 4.78 is 5.62. The zero-order valence-corrected chi connectivity index (χ0v) is 13.4. The van der Waals surface area contributed by atoms with Crippen LogP contribution < -0.4 is 10.1 Å². The average Bonchev–Trinajstić information content (AvgIpc) is 2.50. The van der Waals surface area contributed by atoms with Gasteiger partial charge in [-0.1, -0.05) is 17.7 Å². The van der Waals surface area contributed by atoms with Crippen molar-refractivity contribution in [3.8, 4) is 5.75 Å². The lowest BCUT2D eigenvalue weighted by atomic mass is 10.2. The number of aryl methyl sites for hydroxylation is 1. The minimum atomic E-state index is -1.05. The molecule has 0 bridgehead atoms. The van der Waals surface area contributed by atoms with Crippen molar-refractivity contribution >= 4 is 29.2 Å². The molecule has 1 atom stereocenters. The van der Waals surface area contributed by atoms with Gasteiger partial charge in [-0.25, -0.2) is 4.79 Å². The molecule has 1 amide bonds. The van der Waals surface area contributed by atoms with Crippen molar-refractivity contribution in [1.29, 1.82) is 0 Å². The summed E-state index contributed by atoms with van der Waals surface area (Å²) in [5.74, 6) is -0.861. The normalized spacial score (nSPS) is 11.6. The Bertz CT molecular complexity index is 745. The lowest BCUT2D eigenvalue weighted by Crippen LogP contribution is -2.30. The van der Waals surface area contributed by atoms with Gasteiger partial charge in [0.25, 0.3) is 5.91 Å². The second-order valence-corrected chi connectivity index (χ2v) is 5.48. The van der Waals surface area contributed by atoms with Crippen molar-refractivity contribution < 1.29 is 19.4 Å². The van der Waals surface area contributed by atoms with Crippen LogP contribution >= 0.6 is 11.6 Å². The van der Waals surface area contributed by atoms with Crippen molar-refractivity contribution in [1.82, 2.24) is 0 Å². The van der Waals surface area contributed by atoms with Crippen LogP contribution in [0.25, 0.3) is 0 Å². The van der Waals surface area contributed by atoms with Gasteiger partial charge in [0.15, 0.2) is 6.10 Å². The number of aromatic carboxylic acids is 1. The van der Waals surface area contributed by atoms with Gasteiger partial charge in [-0.15, -0.1) is 0 Å². The van der Waals surface area contributed by atoms with Crippen LogP contribution in [0.2, 0.25) is 5.02 Å². The Morgan fingerprint density at radius 1 is 1.22 bits per heavy atom. The van der Waals surface area contributed by atoms with Gasteiger partial charge in [0.2, 0.25) is 0 Å². The molecule has 0 saturated heterocycles. The van der Waals surface area contributed by atoms with Gasteiger partial charge in [-0.2, -0.15) is 0 Å². The Hall–Kier alpha value is -2.53. The fraction of sp³-hybridized carbons (Fsp3) is 0.176. The summed E-state index contributed by atoms with van der Waals surface area (Å²) in [5, 5.41) is 12.2. The number of amides is 1. The van der Waals surface area contributed by atoms with Gasteiger partial charge < -0.3 is 15.2 Å². The molecule has 6 heteroatoms. The fourth-order valence-electron chi connectivity index (χ4n) is 1.96. The number of rotatable bonds is 5. The molecule has 0 unspecified atom stereocenters. The van der Waals surface area contributed by atoms with E-state index in [1.54, 1.807) is 37.3 Å². The molecule has 0 aromatic heterocycles. The largest absolute Gasteiger partial charge is 0.481 e. The topological polar surface area (TPSA) is 75.6 Å². The monoisotopic (exact) mass is 333 g/mol. The van der Waals surface area contributed by atoms with E-state index in [4.69, 9.17) is 21.4 Å². The third-order valence-corrected chi connectivity index (χ3v) is 3.42. The van der Waals surface area contributed by atoms with Gasteiger partial charge in [0, 0.05) is 10.7 Å². The van der Waals surface area contributed by atoms with E-state index in [1.807, 2.05) is 6.92 Å². The number of carboxylic acid groups (broad SMARTS) is 1. The second-order valence-electron chi connectivity index (χ2n) is 5.05. The first-order valence-electron chi connectivity index (χ1n) is 6.94. The molecule has 0 radical (unpaired) electrons. The first-order valence-corrected chi connectivity index (χ1v) is 7.31. The van der Waals surface area contributed by atoms with E-state index in [0.29, 0.717) is 16.5 Å². The van der Waals surface area contributed by atoms with E-state index in [9.17, 15) is 9.59 Å². The first-order chi connectivity index (χ1) is 10.9. The summed E-state index contributed by atoms with van der Waals surface area (Å²) in [5.41, 5.74) is 1.33. The van der Waals surface area contributed by atoms with E-state index < -0.39 is 12.1 Å². The molecule has 23 heavy (non-hydrogen) atoms. The number of benzene rings is 2. The highest BCUT2D eigenvalue weighted by molar-refractivity contribution is 6.30. The van der Waals surface area contributed by atoms with E-state index in [1.165, 1.54) is 12.1 Å². The Labute approximate surface area is 138 Å². The number of halogens is 1. The number of nitrogens with one attached hydrogen (secondary N) is 1. The number of anilines is 1. The standard InChI is InChI=1S/C17H16ClNO4/c1-10-8-13(18)6-7-15(10)23-11(2)16(20)19-14-5-3-4-12(9-14)17(21)22/h3-9,11H,1-2H3,(H,19,20)(H,21,22)/t11-/m1/s1. The van der Waals surface area contributed by atoms with E-state index in [-0.39, 0.29) is 11.5 Å². The van der Waals surface area contributed by atoms with Crippen LogP contribution in [-0.4, -0.2) is 23.1 Å². The molecule has 0 fully saturated rings. The van der Waals surface area contributed by atoms with Crippen molar-refractivity contribution in [3.63, 3.8) is 0 Å². The molecule has 0 aliphatic carbocycles. The minimum Gasteiger partial charge on any atom is -0.481 e. The number of ether oxygens (including phenoxy) is 1. The quantitative estimate of drug-likeness (QED) is 0.873. The van der Waals surface area contributed by atoms with E-state index in [2.05, 4.69) is 5.32 Å². The summed E-state index contributed by atoms with van der Waals surface area (Å²) in [4.78, 5) is 23.1. The molecule has 2 aromatic carbocycles. The molecule has 2 rings (SSSR count). The van der Waals surface area contributed by atoms with Gasteiger partial charge in [-0.05, 0) is 55.8 Å². The lowest BCUT2D eigenvalue weighted by Gasteiger charge is -2.16. The zero-order chi connectivity index (χ0) is 17.0. The van der Waals surface area contributed by atoms with Crippen LogP contribution in [0.5, 0.6) is 5.75 Å². The van der Waals surface area contributed by atoms with Crippen LogP contribution in [0.15, 0.2) is 42.5 Å². The maximum Gasteiger partial charge on any atom is 0.335 e. The smallest absolute Gasteiger partial charge is 0.335 e. The van der Waals surface area contributed by atoms with Crippen LogP contribution in [0.4, 0.5) is 5.69 Å². The van der Waals surface area contributed by atoms with Gasteiger partial charge in [-0.3, -0.25) is 4.79 Å². The van der Waals surface area contributed by atoms with Gasteiger partial charge in [0.1, 0.15) is 5.75 Å². The first kappa shape index (κ1) is 16.8. The van der Waals surface area contributed by atoms with Crippen molar-refractivity contribution in [3.05, 3.63) is 58.6 Å². The van der Waals surface area contributed by atoms with E-state index in [0.717, 1.165) is 5.56 Å². The Kier molecular flexibility index (Phi) is 5.24. The van der Waals surface area contributed by atoms with Gasteiger partial charge in [0.05, 0.1) is 5.56 Å². The fourth-order valence-corrected chi connectivity index (χ4v) is 2.19. The second kappa shape index (κ2) is 7.15. The minimum absolute atomic E-state index is 0.102. The highest BCUT2D eigenvalue weighted by Crippen LogP contribution is 2.23. The van der Waals surface area contributed by atoms with Crippen LogP contribution in [-0.2, 0) is 4.79 Å².